The van der Waals surface area contributed by atoms with Crippen LogP contribution in [0.2, 0.25) is 0 Å². The number of benzene rings is 3. The van der Waals surface area contributed by atoms with Crippen LogP contribution in [0.3, 0.4) is 0 Å². The predicted molar refractivity (Wildman–Crippen MR) is 155 cm³/mol. The van der Waals surface area contributed by atoms with Crippen molar-refractivity contribution in [2.75, 3.05) is 18.2 Å². The minimum atomic E-state index is -1.10. The van der Waals surface area contributed by atoms with Gasteiger partial charge < -0.3 is 15.0 Å². The van der Waals surface area contributed by atoms with Gasteiger partial charge >= 0.3 is 0 Å². The highest BCUT2D eigenvalue weighted by Crippen LogP contribution is 2.28. The molecule has 0 bridgehead atoms. The molecular weight excluding hydrogens is 527 g/mol. The van der Waals surface area contributed by atoms with E-state index in [1.165, 1.54) is 34.9 Å². The zero-order chi connectivity index (χ0) is 28.6. The number of carbonyl (C=O) groups excluding carboxylic acids is 2. The third-order valence-electron chi connectivity index (χ3n) is 6.16. The van der Waals surface area contributed by atoms with Crippen molar-refractivity contribution < 1.29 is 18.7 Å². The molecule has 2 amide bonds. The molecule has 206 valence electrons. The molecule has 4 aromatic rings. The summed E-state index contributed by atoms with van der Waals surface area (Å²) < 4.78 is 19.6. The number of nitrogens with one attached hydrogen (secondary N) is 1. The lowest BCUT2D eigenvalue weighted by molar-refractivity contribution is -0.137. The molecule has 1 unspecified atom stereocenters. The van der Waals surface area contributed by atoms with Crippen molar-refractivity contribution >= 4 is 29.3 Å². The molecule has 0 aliphatic heterocycles. The Balaban J connectivity index is 1.69. The summed E-state index contributed by atoms with van der Waals surface area (Å²) in [6.07, 6.45) is 0. The number of methoxy groups -OCH3 is 1. The van der Waals surface area contributed by atoms with Crippen LogP contribution in [0.25, 0.3) is 0 Å². The average Bonchev–Trinajstić information content (AvgIpc) is 2.92. The van der Waals surface area contributed by atoms with Gasteiger partial charge in [-0.05, 0) is 74.4 Å². The average molecular weight is 559 g/mol. The molecule has 0 aliphatic carbocycles. The smallest absolute Gasteiger partial charge is 0.251 e. The number of aromatic nitrogens is 2. The van der Waals surface area contributed by atoms with E-state index in [1.807, 2.05) is 51.1 Å². The summed E-state index contributed by atoms with van der Waals surface area (Å²) in [6.45, 7) is 5.86. The Kier molecular flexibility index (Phi) is 9.50. The molecule has 0 saturated heterocycles. The maximum absolute atomic E-state index is 14.4. The summed E-state index contributed by atoms with van der Waals surface area (Å²) in [6, 6.07) is 21.1. The van der Waals surface area contributed by atoms with Gasteiger partial charge in [0.15, 0.2) is 5.16 Å². The molecule has 0 aliphatic rings. The number of aryl methyl sites for hydroxylation is 3. The van der Waals surface area contributed by atoms with Crippen LogP contribution in [0.15, 0.2) is 84.0 Å². The number of amides is 2. The van der Waals surface area contributed by atoms with E-state index < -0.39 is 17.8 Å². The molecule has 1 atom stereocenters. The zero-order valence-corrected chi connectivity index (χ0v) is 23.7. The van der Waals surface area contributed by atoms with Gasteiger partial charge in [-0.15, -0.1) is 0 Å². The maximum atomic E-state index is 14.4. The van der Waals surface area contributed by atoms with Crippen molar-refractivity contribution in [3.05, 3.63) is 113 Å². The standard InChI is InChI=1S/C31H31FN4O3S/c1-20-8-10-23(11-9-20)18-36(28(37)19-40-31-33-21(2)16-22(3)34-31)29(24-6-5-7-25(32)17-24)30(38)35-26-12-14-27(39-4)15-13-26/h5-17,29H,18-19H2,1-4H3,(H,35,38). The first-order valence-electron chi connectivity index (χ1n) is 12.7. The van der Waals surface area contributed by atoms with Gasteiger partial charge in [-0.25, -0.2) is 14.4 Å². The SMILES string of the molecule is COc1ccc(NC(=O)C(c2cccc(F)c2)N(Cc2ccc(C)cc2)C(=O)CSc2nc(C)cc(C)n2)cc1. The predicted octanol–water partition coefficient (Wildman–Crippen LogP) is 6.05. The van der Waals surface area contributed by atoms with Crippen LogP contribution in [0, 0.1) is 26.6 Å². The van der Waals surface area contributed by atoms with Gasteiger partial charge in [0.25, 0.3) is 5.91 Å². The Hall–Kier alpha value is -4.24. The number of halogens is 1. The molecule has 3 aromatic carbocycles. The minimum Gasteiger partial charge on any atom is -0.497 e. The number of hydrogen-bond acceptors (Lipinski definition) is 6. The fourth-order valence-corrected chi connectivity index (χ4v) is 5.05. The number of ether oxygens (including phenoxy) is 1. The minimum absolute atomic E-state index is 0.00359. The molecule has 1 N–H and O–H groups in total. The van der Waals surface area contributed by atoms with E-state index in [4.69, 9.17) is 4.74 Å². The van der Waals surface area contributed by atoms with E-state index in [1.54, 1.807) is 37.4 Å². The van der Waals surface area contributed by atoms with Crippen LogP contribution >= 0.6 is 11.8 Å². The van der Waals surface area contributed by atoms with E-state index in [2.05, 4.69) is 15.3 Å². The Bertz CT molecular complexity index is 1460. The highest BCUT2D eigenvalue weighted by molar-refractivity contribution is 7.99. The molecule has 1 aromatic heterocycles. The third kappa shape index (κ3) is 7.66. The van der Waals surface area contributed by atoms with Crippen molar-refractivity contribution in [1.29, 1.82) is 0 Å². The second kappa shape index (κ2) is 13.2. The molecule has 0 saturated carbocycles. The molecule has 0 spiro atoms. The molecule has 40 heavy (non-hydrogen) atoms. The summed E-state index contributed by atoms with van der Waals surface area (Å²) >= 11 is 1.20. The summed E-state index contributed by atoms with van der Waals surface area (Å²) in [5, 5.41) is 3.37. The third-order valence-corrected chi connectivity index (χ3v) is 6.99. The quantitative estimate of drug-likeness (QED) is 0.188. The molecular formula is C31H31FN4O3S. The first-order chi connectivity index (χ1) is 19.2. The van der Waals surface area contributed by atoms with E-state index in [0.717, 1.165) is 22.5 Å². The molecule has 4 rings (SSSR count). The van der Waals surface area contributed by atoms with Crippen LogP contribution in [0.5, 0.6) is 5.75 Å². The fourth-order valence-electron chi connectivity index (χ4n) is 4.22. The first kappa shape index (κ1) is 28.8. The summed E-state index contributed by atoms with van der Waals surface area (Å²) in [5.74, 6) is -0.644. The number of nitrogens with zero attached hydrogens (tertiary/aromatic N) is 3. The van der Waals surface area contributed by atoms with Gasteiger partial charge in [-0.3, -0.25) is 9.59 Å². The normalized spacial score (nSPS) is 11.5. The second-order valence-corrected chi connectivity index (χ2v) is 10.3. The van der Waals surface area contributed by atoms with Crippen molar-refractivity contribution in [3.63, 3.8) is 0 Å². The lowest BCUT2D eigenvalue weighted by Crippen LogP contribution is -2.42. The molecule has 1 heterocycles. The Morgan fingerprint density at radius 1 is 0.950 bits per heavy atom. The fraction of sp³-hybridized carbons (Fsp3) is 0.226. The first-order valence-corrected chi connectivity index (χ1v) is 13.7. The van der Waals surface area contributed by atoms with Gasteiger partial charge in [0, 0.05) is 23.6 Å². The molecule has 0 fully saturated rings. The van der Waals surface area contributed by atoms with E-state index >= 15 is 0 Å². The van der Waals surface area contributed by atoms with Gasteiger partial charge in [0.1, 0.15) is 17.6 Å². The monoisotopic (exact) mass is 558 g/mol. The lowest BCUT2D eigenvalue weighted by Gasteiger charge is -2.31. The molecule has 7 nitrogen and oxygen atoms in total. The van der Waals surface area contributed by atoms with Gasteiger partial charge in [-0.2, -0.15) is 0 Å². The Labute approximate surface area is 237 Å². The second-order valence-electron chi connectivity index (χ2n) is 9.40. The Morgan fingerprint density at radius 3 is 2.25 bits per heavy atom. The van der Waals surface area contributed by atoms with E-state index in [0.29, 0.717) is 22.2 Å². The van der Waals surface area contributed by atoms with Crippen LogP contribution in [0.4, 0.5) is 10.1 Å². The van der Waals surface area contributed by atoms with Gasteiger partial charge in [0.2, 0.25) is 5.91 Å². The van der Waals surface area contributed by atoms with Crippen molar-refractivity contribution in [1.82, 2.24) is 14.9 Å². The van der Waals surface area contributed by atoms with E-state index in [-0.39, 0.29) is 18.2 Å². The Morgan fingerprint density at radius 2 is 1.62 bits per heavy atom. The number of thioether (sulfide) groups is 1. The highest BCUT2D eigenvalue weighted by atomic mass is 32.2. The molecule has 9 heteroatoms. The summed E-state index contributed by atoms with van der Waals surface area (Å²) in [7, 11) is 1.56. The molecule has 0 radical (unpaired) electrons. The van der Waals surface area contributed by atoms with Crippen LogP contribution < -0.4 is 10.1 Å². The van der Waals surface area contributed by atoms with Crippen LogP contribution in [0.1, 0.15) is 34.1 Å². The van der Waals surface area contributed by atoms with Crippen LogP contribution in [-0.4, -0.2) is 39.5 Å². The van der Waals surface area contributed by atoms with Crippen molar-refractivity contribution in [2.45, 2.75) is 38.5 Å². The highest BCUT2D eigenvalue weighted by Gasteiger charge is 2.32. The number of rotatable bonds is 10. The van der Waals surface area contributed by atoms with Crippen LogP contribution in [-0.2, 0) is 16.1 Å². The zero-order valence-electron chi connectivity index (χ0n) is 22.8. The summed E-state index contributed by atoms with van der Waals surface area (Å²) in [4.78, 5) is 38.0. The number of anilines is 1. The maximum Gasteiger partial charge on any atom is 0.251 e. The number of hydrogen-bond donors (Lipinski definition) is 1. The van der Waals surface area contributed by atoms with Gasteiger partial charge in [-0.1, -0.05) is 53.7 Å². The van der Waals surface area contributed by atoms with Crippen molar-refractivity contribution in [2.24, 2.45) is 0 Å². The number of carbonyl (C=O) groups is 2. The van der Waals surface area contributed by atoms with E-state index in [9.17, 15) is 14.0 Å². The van der Waals surface area contributed by atoms with Crippen molar-refractivity contribution in [3.8, 4) is 5.75 Å². The largest absolute Gasteiger partial charge is 0.497 e. The topological polar surface area (TPSA) is 84.4 Å². The lowest BCUT2D eigenvalue weighted by atomic mass is 10.0. The van der Waals surface area contributed by atoms with Gasteiger partial charge in [0.05, 0.1) is 12.9 Å². The summed E-state index contributed by atoms with van der Waals surface area (Å²) in [5.41, 5.74) is 4.39.